The number of rotatable bonds is 3. The van der Waals surface area contributed by atoms with E-state index >= 15 is 0 Å². The first-order chi connectivity index (χ1) is 11.3. The fourth-order valence-electron chi connectivity index (χ4n) is 2.97. The van der Waals surface area contributed by atoms with Crippen molar-refractivity contribution >= 4 is 5.69 Å². The van der Waals surface area contributed by atoms with E-state index in [1.165, 1.54) is 24.1 Å². The van der Waals surface area contributed by atoms with Crippen LogP contribution in [0.25, 0.3) is 22.8 Å². The van der Waals surface area contributed by atoms with Gasteiger partial charge in [0.05, 0.1) is 0 Å². The van der Waals surface area contributed by atoms with Crippen molar-refractivity contribution in [2.24, 2.45) is 0 Å². The van der Waals surface area contributed by atoms with Crippen LogP contribution in [0.1, 0.15) is 18.4 Å². The van der Waals surface area contributed by atoms with Crippen LogP contribution in [0.5, 0.6) is 0 Å². The van der Waals surface area contributed by atoms with Crippen molar-refractivity contribution in [3.05, 3.63) is 54.1 Å². The first-order valence-corrected chi connectivity index (χ1v) is 8.06. The first kappa shape index (κ1) is 14.0. The Morgan fingerprint density at radius 2 is 1.74 bits per heavy atom. The molecular formula is C19H19N3O. The molecule has 0 unspecified atom stereocenters. The molecule has 0 saturated carbocycles. The van der Waals surface area contributed by atoms with Gasteiger partial charge in [0, 0.05) is 29.9 Å². The van der Waals surface area contributed by atoms with Gasteiger partial charge in [-0.3, -0.25) is 0 Å². The van der Waals surface area contributed by atoms with Crippen LogP contribution in [0, 0.1) is 6.92 Å². The maximum atomic E-state index is 5.47. The third-order valence-corrected chi connectivity index (χ3v) is 4.30. The first-order valence-electron chi connectivity index (χ1n) is 8.06. The topological polar surface area (TPSA) is 42.2 Å². The van der Waals surface area contributed by atoms with E-state index in [9.17, 15) is 0 Å². The minimum Gasteiger partial charge on any atom is -0.372 e. The highest BCUT2D eigenvalue weighted by Gasteiger charge is 2.15. The Hall–Kier alpha value is -2.62. The summed E-state index contributed by atoms with van der Waals surface area (Å²) in [6.45, 7) is 4.32. The summed E-state index contributed by atoms with van der Waals surface area (Å²) >= 11 is 0. The van der Waals surface area contributed by atoms with Crippen molar-refractivity contribution in [3.63, 3.8) is 0 Å². The lowest BCUT2D eigenvalue weighted by Gasteiger charge is -2.17. The van der Waals surface area contributed by atoms with Gasteiger partial charge in [0.15, 0.2) is 0 Å². The second-order valence-corrected chi connectivity index (χ2v) is 6.03. The standard InChI is InChI=1S/C19H19N3O/c1-14-7-9-15(10-8-14)18-20-19(23-21-18)16-5-4-6-17(13-16)22-11-2-3-12-22/h4-10,13H,2-3,11-12H2,1H3. The normalized spacial score (nSPS) is 14.4. The molecule has 3 aromatic rings. The second-order valence-electron chi connectivity index (χ2n) is 6.03. The van der Waals surface area contributed by atoms with E-state index in [2.05, 4.69) is 52.3 Å². The van der Waals surface area contributed by atoms with Crippen molar-refractivity contribution < 1.29 is 4.52 Å². The number of hydrogen-bond donors (Lipinski definition) is 0. The fraction of sp³-hybridized carbons (Fsp3) is 0.263. The summed E-state index contributed by atoms with van der Waals surface area (Å²) in [5.74, 6) is 1.20. The average molecular weight is 305 g/mol. The highest BCUT2D eigenvalue weighted by molar-refractivity contribution is 5.64. The number of anilines is 1. The van der Waals surface area contributed by atoms with Crippen molar-refractivity contribution in [2.75, 3.05) is 18.0 Å². The third-order valence-electron chi connectivity index (χ3n) is 4.30. The van der Waals surface area contributed by atoms with E-state index < -0.39 is 0 Å². The van der Waals surface area contributed by atoms with Crippen molar-refractivity contribution in [2.45, 2.75) is 19.8 Å². The molecule has 2 heterocycles. The molecule has 4 nitrogen and oxygen atoms in total. The molecule has 1 fully saturated rings. The van der Waals surface area contributed by atoms with Gasteiger partial charge in [0.25, 0.3) is 5.89 Å². The van der Waals surface area contributed by atoms with Gasteiger partial charge in [0.2, 0.25) is 5.82 Å². The molecule has 23 heavy (non-hydrogen) atoms. The summed E-state index contributed by atoms with van der Waals surface area (Å²) in [5, 5.41) is 4.12. The summed E-state index contributed by atoms with van der Waals surface area (Å²) in [5.41, 5.74) is 4.40. The molecule has 0 atom stereocenters. The number of aryl methyl sites for hydroxylation is 1. The van der Waals surface area contributed by atoms with Crippen molar-refractivity contribution in [1.82, 2.24) is 10.1 Å². The Bertz CT molecular complexity index is 801. The fourth-order valence-corrected chi connectivity index (χ4v) is 2.97. The summed E-state index contributed by atoms with van der Waals surface area (Å²) < 4.78 is 5.47. The smallest absolute Gasteiger partial charge is 0.258 e. The van der Waals surface area contributed by atoms with Gasteiger partial charge >= 0.3 is 0 Å². The number of nitrogens with zero attached hydrogens (tertiary/aromatic N) is 3. The molecule has 116 valence electrons. The average Bonchev–Trinajstić information content (AvgIpc) is 3.28. The quantitative estimate of drug-likeness (QED) is 0.723. The Labute approximate surface area is 135 Å². The molecule has 0 spiro atoms. The summed E-state index contributed by atoms with van der Waals surface area (Å²) in [4.78, 5) is 6.96. The van der Waals surface area contributed by atoms with Crippen LogP contribution in [0.3, 0.4) is 0 Å². The van der Waals surface area contributed by atoms with Gasteiger partial charge in [-0.2, -0.15) is 4.98 Å². The molecule has 0 aliphatic carbocycles. The van der Waals surface area contributed by atoms with Crippen LogP contribution < -0.4 is 4.90 Å². The monoisotopic (exact) mass is 305 g/mol. The highest BCUT2D eigenvalue weighted by atomic mass is 16.5. The van der Waals surface area contributed by atoms with E-state index in [0.717, 1.165) is 24.2 Å². The second kappa shape index (κ2) is 5.88. The Morgan fingerprint density at radius 1 is 0.957 bits per heavy atom. The Morgan fingerprint density at radius 3 is 2.52 bits per heavy atom. The molecule has 0 radical (unpaired) electrons. The molecule has 1 saturated heterocycles. The van der Waals surface area contributed by atoms with E-state index in [1.807, 2.05) is 18.2 Å². The molecule has 4 heteroatoms. The van der Waals surface area contributed by atoms with E-state index in [0.29, 0.717) is 11.7 Å². The van der Waals surface area contributed by atoms with Crippen LogP contribution in [-0.2, 0) is 0 Å². The van der Waals surface area contributed by atoms with Gasteiger partial charge in [0.1, 0.15) is 0 Å². The summed E-state index contributed by atoms with van der Waals surface area (Å²) in [7, 11) is 0. The number of benzene rings is 2. The summed E-state index contributed by atoms with van der Waals surface area (Å²) in [6.07, 6.45) is 2.53. The third kappa shape index (κ3) is 2.84. The minimum atomic E-state index is 0.571. The van der Waals surface area contributed by atoms with E-state index in [1.54, 1.807) is 0 Å². The number of aromatic nitrogens is 2. The SMILES string of the molecule is Cc1ccc(-c2noc(-c3cccc(N4CCCC4)c3)n2)cc1. The zero-order chi connectivity index (χ0) is 15.6. The zero-order valence-corrected chi connectivity index (χ0v) is 13.2. The van der Waals surface area contributed by atoms with Gasteiger partial charge in [-0.25, -0.2) is 0 Å². The van der Waals surface area contributed by atoms with Crippen LogP contribution in [0.2, 0.25) is 0 Å². The lowest BCUT2D eigenvalue weighted by atomic mass is 10.1. The molecule has 1 aromatic heterocycles. The van der Waals surface area contributed by atoms with Crippen LogP contribution >= 0.6 is 0 Å². The molecular weight excluding hydrogens is 286 g/mol. The highest BCUT2D eigenvalue weighted by Crippen LogP contribution is 2.27. The predicted molar refractivity (Wildman–Crippen MR) is 91.4 cm³/mol. The van der Waals surface area contributed by atoms with Crippen molar-refractivity contribution in [1.29, 1.82) is 0 Å². The molecule has 0 bridgehead atoms. The van der Waals surface area contributed by atoms with Gasteiger partial charge < -0.3 is 9.42 Å². The maximum absolute atomic E-state index is 5.47. The van der Waals surface area contributed by atoms with E-state index in [-0.39, 0.29) is 0 Å². The number of hydrogen-bond acceptors (Lipinski definition) is 4. The zero-order valence-electron chi connectivity index (χ0n) is 13.2. The van der Waals surface area contributed by atoms with Gasteiger partial charge in [-0.05, 0) is 38.0 Å². The molecule has 4 rings (SSSR count). The minimum absolute atomic E-state index is 0.571. The van der Waals surface area contributed by atoms with Crippen LogP contribution in [0.15, 0.2) is 53.1 Å². The molecule has 2 aromatic carbocycles. The Kier molecular flexibility index (Phi) is 3.58. The summed E-state index contributed by atoms with van der Waals surface area (Å²) in [6, 6.07) is 16.5. The van der Waals surface area contributed by atoms with Gasteiger partial charge in [-0.1, -0.05) is 41.1 Å². The lowest BCUT2D eigenvalue weighted by molar-refractivity contribution is 0.432. The molecule has 1 aliphatic heterocycles. The maximum Gasteiger partial charge on any atom is 0.258 e. The molecule has 0 N–H and O–H groups in total. The molecule has 0 amide bonds. The van der Waals surface area contributed by atoms with E-state index in [4.69, 9.17) is 4.52 Å². The lowest BCUT2D eigenvalue weighted by Crippen LogP contribution is -2.17. The predicted octanol–water partition coefficient (Wildman–Crippen LogP) is 4.31. The van der Waals surface area contributed by atoms with Crippen LogP contribution in [-0.4, -0.2) is 23.2 Å². The molecule has 1 aliphatic rings. The van der Waals surface area contributed by atoms with Crippen LogP contribution in [0.4, 0.5) is 5.69 Å². The largest absolute Gasteiger partial charge is 0.372 e. The Balaban J connectivity index is 1.63. The van der Waals surface area contributed by atoms with Crippen molar-refractivity contribution in [3.8, 4) is 22.8 Å². The van der Waals surface area contributed by atoms with Gasteiger partial charge in [-0.15, -0.1) is 0 Å².